The van der Waals surface area contributed by atoms with Crippen LogP contribution in [0.2, 0.25) is 0 Å². The van der Waals surface area contributed by atoms with E-state index in [9.17, 15) is 4.79 Å². The van der Waals surface area contributed by atoms with Crippen molar-refractivity contribution in [2.75, 3.05) is 25.2 Å². The summed E-state index contributed by atoms with van der Waals surface area (Å²) in [4.78, 5) is 18.6. The van der Waals surface area contributed by atoms with Crippen molar-refractivity contribution in [3.8, 4) is 0 Å². The summed E-state index contributed by atoms with van der Waals surface area (Å²) < 4.78 is 4.90. The van der Waals surface area contributed by atoms with Crippen LogP contribution in [0.4, 0.5) is 5.82 Å². The molecule has 1 aromatic rings. The van der Waals surface area contributed by atoms with Gasteiger partial charge in [-0.15, -0.1) is 0 Å². The van der Waals surface area contributed by atoms with Gasteiger partial charge in [-0.05, 0) is 0 Å². The third kappa shape index (κ3) is 4.45. The van der Waals surface area contributed by atoms with Gasteiger partial charge in [0.1, 0.15) is 16.7 Å². The topological polar surface area (TPSA) is 98.3 Å². The summed E-state index contributed by atoms with van der Waals surface area (Å²) in [5, 5.41) is 9.11. The predicted octanol–water partition coefficient (Wildman–Crippen LogP) is 0.424. The van der Waals surface area contributed by atoms with Crippen molar-refractivity contribution in [1.82, 2.24) is 9.97 Å². The lowest BCUT2D eigenvalue weighted by molar-refractivity contribution is -0.133. The number of carboxylic acids is 1. The summed E-state index contributed by atoms with van der Waals surface area (Å²) >= 11 is 1.12. The van der Waals surface area contributed by atoms with E-state index in [-0.39, 0.29) is 5.75 Å². The summed E-state index contributed by atoms with van der Waals surface area (Å²) in [7, 11) is 1.59. The summed E-state index contributed by atoms with van der Waals surface area (Å²) in [6, 6.07) is 1.56. The Morgan fingerprint density at radius 3 is 3.00 bits per heavy atom. The van der Waals surface area contributed by atoms with E-state index in [1.54, 1.807) is 13.2 Å². The molecule has 7 heteroatoms. The SMILES string of the molecule is COCCc1nc(N)cc(SCC(=O)O)n1. The van der Waals surface area contributed by atoms with E-state index in [1.807, 2.05) is 0 Å². The van der Waals surface area contributed by atoms with Crippen LogP contribution in [0.15, 0.2) is 11.1 Å². The number of aromatic nitrogens is 2. The summed E-state index contributed by atoms with van der Waals surface area (Å²) in [6.45, 7) is 0.506. The zero-order chi connectivity index (χ0) is 12.0. The van der Waals surface area contributed by atoms with Crippen LogP contribution in [0.1, 0.15) is 5.82 Å². The molecule has 0 saturated heterocycles. The molecule has 0 saturated carbocycles. The van der Waals surface area contributed by atoms with Crippen LogP contribution in [0.25, 0.3) is 0 Å². The van der Waals surface area contributed by atoms with Crippen LogP contribution in [-0.4, -0.2) is 40.5 Å². The number of methoxy groups -OCH3 is 1. The number of ether oxygens (including phenoxy) is 1. The van der Waals surface area contributed by atoms with Crippen molar-refractivity contribution in [3.05, 3.63) is 11.9 Å². The molecule has 16 heavy (non-hydrogen) atoms. The number of thioether (sulfide) groups is 1. The van der Waals surface area contributed by atoms with Gasteiger partial charge in [-0.2, -0.15) is 0 Å². The second kappa shape index (κ2) is 6.29. The van der Waals surface area contributed by atoms with Gasteiger partial charge in [-0.1, -0.05) is 11.8 Å². The number of hydrogen-bond acceptors (Lipinski definition) is 6. The van der Waals surface area contributed by atoms with E-state index in [4.69, 9.17) is 15.6 Å². The van der Waals surface area contributed by atoms with Gasteiger partial charge in [-0.3, -0.25) is 4.79 Å². The van der Waals surface area contributed by atoms with Crippen molar-refractivity contribution in [3.63, 3.8) is 0 Å². The molecule has 0 aliphatic heterocycles. The van der Waals surface area contributed by atoms with E-state index in [0.717, 1.165) is 11.8 Å². The average molecular weight is 243 g/mol. The molecule has 0 amide bonds. The van der Waals surface area contributed by atoms with Crippen LogP contribution >= 0.6 is 11.8 Å². The lowest BCUT2D eigenvalue weighted by Crippen LogP contribution is -2.05. The Balaban J connectivity index is 2.69. The second-order valence-corrected chi connectivity index (χ2v) is 3.97. The maximum absolute atomic E-state index is 10.4. The minimum absolute atomic E-state index is 0.0415. The highest BCUT2D eigenvalue weighted by Crippen LogP contribution is 2.17. The lowest BCUT2D eigenvalue weighted by Gasteiger charge is -2.04. The molecule has 6 nitrogen and oxygen atoms in total. The highest BCUT2D eigenvalue weighted by atomic mass is 32.2. The molecule has 0 radical (unpaired) electrons. The zero-order valence-corrected chi connectivity index (χ0v) is 9.66. The van der Waals surface area contributed by atoms with E-state index in [0.29, 0.717) is 29.7 Å². The normalized spacial score (nSPS) is 10.3. The monoisotopic (exact) mass is 243 g/mol. The van der Waals surface area contributed by atoms with E-state index < -0.39 is 5.97 Å². The van der Waals surface area contributed by atoms with Gasteiger partial charge < -0.3 is 15.6 Å². The third-order valence-corrected chi connectivity index (χ3v) is 2.54. The highest BCUT2D eigenvalue weighted by molar-refractivity contribution is 7.99. The van der Waals surface area contributed by atoms with E-state index in [2.05, 4.69) is 9.97 Å². The second-order valence-electron chi connectivity index (χ2n) is 2.97. The molecule has 1 heterocycles. The van der Waals surface area contributed by atoms with Crippen LogP contribution in [-0.2, 0) is 16.0 Å². The number of rotatable bonds is 6. The number of anilines is 1. The molecule has 0 bridgehead atoms. The Bertz CT molecular complexity index is 373. The number of carboxylic acid groups (broad SMARTS) is 1. The molecule has 0 aromatic carbocycles. The number of nitrogens with zero attached hydrogens (tertiary/aromatic N) is 2. The first-order chi connectivity index (χ1) is 7.61. The van der Waals surface area contributed by atoms with Gasteiger partial charge in [0.25, 0.3) is 0 Å². The maximum atomic E-state index is 10.4. The van der Waals surface area contributed by atoms with Crippen LogP contribution < -0.4 is 5.73 Å². The minimum atomic E-state index is -0.888. The molecule has 3 N–H and O–H groups in total. The molecule has 1 rings (SSSR count). The smallest absolute Gasteiger partial charge is 0.313 e. The number of carbonyl (C=O) groups is 1. The first-order valence-electron chi connectivity index (χ1n) is 4.59. The van der Waals surface area contributed by atoms with Gasteiger partial charge in [0.15, 0.2) is 0 Å². The summed E-state index contributed by atoms with van der Waals surface area (Å²) in [6.07, 6.45) is 0.558. The Labute approximate surface area is 97.2 Å². The Morgan fingerprint density at radius 2 is 2.38 bits per heavy atom. The Kier molecular flexibility index (Phi) is 5.00. The van der Waals surface area contributed by atoms with E-state index in [1.165, 1.54) is 0 Å². The van der Waals surface area contributed by atoms with Crippen LogP contribution in [0.5, 0.6) is 0 Å². The number of nitrogen functional groups attached to an aromatic ring is 1. The summed E-state index contributed by atoms with van der Waals surface area (Å²) in [5.41, 5.74) is 5.58. The standard InChI is InChI=1S/C9H13N3O3S/c1-15-3-2-7-11-6(10)4-8(12-7)16-5-9(13)14/h4H,2-3,5H2,1H3,(H,13,14)(H2,10,11,12). The quantitative estimate of drug-likeness (QED) is 0.552. The van der Waals surface area contributed by atoms with Crippen molar-refractivity contribution in [2.45, 2.75) is 11.4 Å². The van der Waals surface area contributed by atoms with Crippen molar-refractivity contribution >= 4 is 23.5 Å². The molecular weight excluding hydrogens is 230 g/mol. The first-order valence-corrected chi connectivity index (χ1v) is 5.57. The van der Waals surface area contributed by atoms with Crippen LogP contribution in [0, 0.1) is 0 Å². The molecule has 0 aliphatic carbocycles. The van der Waals surface area contributed by atoms with Gasteiger partial charge >= 0.3 is 5.97 Å². The first kappa shape index (κ1) is 12.7. The molecular formula is C9H13N3O3S. The fraction of sp³-hybridized carbons (Fsp3) is 0.444. The molecule has 1 aromatic heterocycles. The molecule has 0 atom stereocenters. The predicted molar refractivity (Wildman–Crippen MR) is 60.4 cm³/mol. The third-order valence-electron chi connectivity index (χ3n) is 1.64. The number of hydrogen-bond donors (Lipinski definition) is 2. The van der Waals surface area contributed by atoms with Gasteiger partial charge in [-0.25, -0.2) is 9.97 Å². The van der Waals surface area contributed by atoms with Crippen molar-refractivity contribution in [1.29, 1.82) is 0 Å². The highest BCUT2D eigenvalue weighted by Gasteiger charge is 2.05. The molecule has 0 aliphatic rings. The maximum Gasteiger partial charge on any atom is 0.313 e. The van der Waals surface area contributed by atoms with Gasteiger partial charge in [0, 0.05) is 19.6 Å². The number of nitrogens with two attached hydrogens (primary N) is 1. The van der Waals surface area contributed by atoms with Gasteiger partial charge in [0.2, 0.25) is 0 Å². The zero-order valence-electron chi connectivity index (χ0n) is 8.84. The largest absolute Gasteiger partial charge is 0.481 e. The molecule has 0 fully saturated rings. The molecule has 0 spiro atoms. The fourth-order valence-electron chi connectivity index (χ4n) is 1.01. The van der Waals surface area contributed by atoms with Crippen molar-refractivity contribution in [2.24, 2.45) is 0 Å². The molecule has 88 valence electrons. The number of aliphatic carboxylic acids is 1. The minimum Gasteiger partial charge on any atom is -0.481 e. The Morgan fingerprint density at radius 1 is 1.62 bits per heavy atom. The van der Waals surface area contributed by atoms with E-state index >= 15 is 0 Å². The van der Waals surface area contributed by atoms with Crippen molar-refractivity contribution < 1.29 is 14.6 Å². The molecule has 0 unspecified atom stereocenters. The van der Waals surface area contributed by atoms with Crippen LogP contribution in [0.3, 0.4) is 0 Å². The summed E-state index contributed by atoms with van der Waals surface area (Å²) in [5.74, 6) is -0.0236. The fourth-order valence-corrected chi connectivity index (χ4v) is 1.65. The Hall–Kier alpha value is -1.34. The van der Waals surface area contributed by atoms with Gasteiger partial charge in [0.05, 0.1) is 12.4 Å². The lowest BCUT2D eigenvalue weighted by atomic mass is 10.4. The average Bonchev–Trinajstić information content (AvgIpc) is 2.23.